The average Bonchev–Trinajstić information content (AvgIpc) is 3.75. The Kier molecular flexibility index (Phi) is 6.59. The van der Waals surface area contributed by atoms with Gasteiger partial charge in [0.1, 0.15) is 5.58 Å². The Labute approximate surface area is 290 Å². The molecule has 4 nitrogen and oxygen atoms in total. The highest BCUT2D eigenvalue weighted by Gasteiger charge is 2.39. The summed E-state index contributed by atoms with van der Waals surface area (Å²) in [5, 5.41) is 2.24. The van der Waals surface area contributed by atoms with Gasteiger partial charge in [0, 0.05) is 44.6 Å². The van der Waals surface area contributed by atoms with E-state index in [-0.39, 0.29) is 12.0 Å². The van der Waals surface area contributed by atoms with Crippen molar-refractivity contribution in [3.63, 3.8) is 0 Å². The number of fused-ring (bicyclic) bond motifs is 7. The zero-order chi connectivity index (χ0) is 33.0. The molecule has 10 rings (SSSR count). The molecule has 0 fully saturated rings. The number of hydrogen-bond donors (Lipinski definition) is 0. The maximum absolute atomic E-state index is 6.97. The topological polar surface area (TPSA) is 42.2 Å². The second-order valence-electron chi connectivity index (χ2n) is 12.9. The van der Waals surface area contributed by atoms with Crippen molar-refractivity contribution in [3.8, 4) is 45.0 Å². The van der Waals surface area contributed by atoms with Crippen molar-refractivity contribution in [1.82, 2.24) is 9.97 Å². The van der Waals surface area contributed by atoms with E-state index in [9.17, 15) is 0 Å². The van der Waals surface area contributed by atoms with Gasteiger partial charge in [0.05, 0.1) is 23.1 Å². The summed E-state index contributed by atoms with van der Waals surface area (Å²) < 4.78 is 6.97. The average molecular weight is 642 g/mol. The smallest absolute Gasteiger partial charge is 0.160 e. The van der Waals surface area contributed by atoms with Gasteiger partial charge >= 0.3 is 0 Å². The van der Waals surface area contributed by atoms with Gasteiger partial charge in [-0.3, -0.25) is 0 Å². The van der Waals surface area contributed by atoms with Gasteiger partial charge in [0.25, 0.3) is 0 Å². The Bertz CT molecular complexity index is 2530. The zero-order valence-electron chi connectivity index (χ0n) is 27.1. The number of anilines is 2. The van der Waals surface area contributed by atoms with Crippen LogP contribution >= 0.6 is 0 Å². The van der Waals surface area contributed by atoms with Crippen LogP contribution in [0.1, 0.15) is 11.5 Å². The van der Waals surface area contributed by atoms with Crippen molar-refractivity contribution < 1.29 is 4.42 Å². The first-order valence-corrected chi connectivity index (χ1v) is 17.1. The maximum atomic E-state index is 6.97. The van der Waals surface area contributed by atoms with Crippen molar-refractivity contribution in [2.24, 2.45) is 0 Å². The largest absolute Gasteiger partial charge is 0.453 e. The van der Waals surface area contributed by atoms with E-state index >= 15 is 0 Å². The molecule has 2 aromatic heterocycles. The molecule has 4 heteroatoms. The van der Waals surface area contributed by atoms with Crippen LogP contribution in [-0.4, -0.2) is 16.0 Å². The minimum absolute atomic E-state index is 0.202. The fourth-order valence-corrected chi connectivity index (χ4v) is 7.67. The fraction of sp³-hybridized carbons (Fsp3) is 0.0435. The number of hydrogen-bond acceptors (Lipinski definition) is 4. The Morgan fingerprint density at radius 3 is 1.82 bits per heavy atom. The molecule has 0 spiro atoms. The predicted octanol–water partition coefficient (Wildman–Crippen LogP) is 11.8. The summed E-state index contributed by atoms with van der Waals surface area (Å²) >= 11 is 0. The van der Waals surface area contributed by atoms with Crippen LogP contribution in [0.15, 0.2) is 180 Å². The molecule has 2 atom stereocenters. The summed E-state index contributed by atoms with van der Waals surface area (Å²) in [6.45, 7) is 0. The van der Waals surface area contributed by atoms with Gasteiger partial charge in [-0.05, 0) is 29.3 Å². The van der Waals surface area contributed by atoms with Crippen LogP contribution in [0, 0.1) is 0 Å². The predicted molar refractivity (Wildman–Crippen MR) is 204 cm³/mol. The summed E-state index contributed by atoms with van der Waals surface area (Å²) in [6.07, 6.45) is 8.94. The van der Waals surface area contributed by atoms with Gasteiger partial charge < -0.3 is 9.32 Å². The first-order valence-electron chi connectivity index (χ1n) is 17.1. The summed E-state index contributed by atoms with van der Waals surface area (Å²) in [7, 11) is 0. The highest BCUT2D eigenvalue weighted by Crippen LogP contribution is 2.52. The van der Waals surface area contributed by atoms with Crippen molar-refractivity contribution in [2.45, 2.75) is 12.0 Å². The summed E-state index contributed by atoms with van der Waals surface area (Å²) in [5.41, 5.74) is 12.5. The lowest BCUT2D eigenvalue weighted by atomic mass is 9.91. The lowest BCUT2D eigenvalue weighted by Gasteiger charge is -2.28. The van der Waals surface area contributed by atoms with E-state index < -0.39 is 0 Å². The monoisotopic (exact) mass is 641 g/mol. The lowest BCUT2D eigenvalue weighted by Crippen LogP contribution is -2.28. The molecule has 0 amide bonds. The molecule has 6 aromatic carbocycles. The molecule has 1 aliphatic carbocycles. The number of benzene rings is 6. The third kappa shape index (κ3) is 4.61. The molecule has 8 aromatic rings. The SMILES string of the molecule is C1=CC2c3ccc4c(oc5c(-c6ccc(-c7nc(-c8ccccc8)cc(-c8ccccc8)n7)cc6)cccc54)c3N(c3ccccc3)C2C=C1. The van der Waals surface area contributed by atoms with Crippen LogP contribution in [0.2, 0.25) is 0 Å². The molecule has 0 bridgehead atoms. The first-order chi connectivity index (χ1) is 24.8. The van der Waals surface area contributed by atoms with Crippen LogP contribution in [0.4, 0.5) is 11.4 Å². The molecular formula is C46H31N3O. The van der Waals surface area contributed by atoms with Crippen LogP contribution in [0.25, 0.3) is 67.0 Å². The molecule has 0 N–H and O–H groups in total. The Morgan fingerprint density at radius 1 is 0.500 bits per heavy atom. The van der Waals surface area contributed by atoms with Crippen LogP contribution < -0.4 is 4.90 Å². The third-order valence-electron chi connectivity index (χ3n) is 10.0. The molecule has 2 aliphatic rings. The number of para-hydroxylation sites is 2. The van der Waals surface area contributed by atoms with E-state index in [0.717, 1.165) is 66.8 Å². The van der Waals surface area contributed by atoms with Crippen molar-refractivity contribution in [1.29, 1.82) is 0 Å². The molecule has 0 radical (unpaired) electrons. The number of aromatic nitrogens is 2. The maximum Gasteiger partial charge on any atom is 0.160 e. The van der Waals surface area contributed by atoms with Crippen LogP contribution in [0.5, 0.6) is 0 Å². The van der Waals surface area contributed by atoms with Crippen molar-refractivity contribution in [3.05, 3.63) is 182 Å². The lowest BCUT2D eigenvalue weighted by molar-refractivity contribution is 0.668. The molecule has 0 saturated carbocycles. The van der Waals surface area contributed by atoms with Crippen LogP contribution in [-0.2, 0) is 0 Å². The second-order valence-corrected chi connectivity index (χ2v) is 12.9. The minimum atomic E-state index is 0.202. The molecule has 3 heterocycles. The van der Waals surface area contributed by atoms with Crippen molar-refractivity contribution >= 4 is 33.3 Å². The molecule has 1 aliphatic heterocycles. The van der Waals surface area contributed by atoms with E-state index in [1.54, 1.807) is 0 Å². The van der Waals surface area contributed by atoms with Gasteiger partial charge in [0.2, 0.25) is 0 Å². The quantitative estimate of drug-likeness (QED) is 0.188. The molecule has 2 unspecified atom stereocenters. The zero-order valence-corrected chi connectivity index (χ0v) is 27.1. The Morgan fingerprint density at radius 2 is 1.12 bits per heavy atom. The van der Waals surface area contributed by atoms with E-state index in [4.69, 9.17) is 14.4 Å². The highest BCUT2D eigenvalue weighted by molar-refractivity contribution is 6.14. The van der Waals surface area contributed by atoms with E-state index in [2.05, 4.69) is 144 Å². The highest BCUT2D eigenvalue weighted by atomic mass is 16.3. The van der Waals surface area contributed by atoms with Gasteiger partial charge in [-0.1, -0.05) is 158 Å². The minimum Gasteiger partial charge on any atom is -0.453 e. The number of furan rings is 1. The second kappa shape index (κ2) is 11.6. The molecule has 236 valence electrons. The Balaban J connectivity index is 1.09. The van der Waals surface area contributed by atoms with Crippen LogP contribution in [0.3, 0.4) is 0 Å². The number of rotatable bonds is 5. The standard InChI is InChI=1S/C46H31N3O/c1-4-13-31(14-5-1)40-29-41(32-15-6-2-7-16-32)48-46(47-40)33-25-23-30(24-26-33)35-20-12-21-38-39-28-27-37-36-19-10-11-22-42(36)49(34-17-8-3-9-18-34)43(37)45(39)50-44(35)38/h1-29,36,42H. The summed E-state index contributed by atoms with van der Waals surface area (Å²) in [6, 6.07) is 53.1. The molecule has 50 heavy (non-hydrogen) atoms. The van der Waals surface area contributed by atoms with Gasteiger partial charge in [-0.15, -0.1) is 0 Å². The van der Waals surface area contributed by atoms with Crippen molar-refractivity contribution in [2.75, 3.05) is 4.90 Å². The normalized spacial score (nSPS) is 16.2. The van der Waals surface area contributed by atoms with Gasteiger partial charge in [-0.2, -0.15) is 0 Å². The Hall–Kier alpha value is -6.52. The summed E-state index contributed by atoms with van der Waals surface area (Å²) in [4.78, 5) is 12.5. The van der Waals surface area contributed by atoms with E-state index in [1.807, 2.05) is 36.4 Å². The van der Waals surface area contributed by atoms with E-state index in [0.29, 0.717) is 5.82 Å². The van der Waals surface area contributed by atoms with E-state index in [1.165, 1.54) is 11.3 Å². The third-order valence-corrected chi connectivity index (χ3v) is 10.0. The first kappa shape index (κ1) is 28.5. The van der Waals surface area contributed by atoms with Gasteiger partial charge in [0.15, 0.2) is 11.4 Å². The summed E-state index contributed by atoms with van der Waals surface area (Å²) in [5.74, 6) is 0.963. The molecule has 0 saturated heterocycles. The number of allylic oxidation sites excluding steroid dienone is 2. The van der Waals surface area contributed by atoms with Gasteiger partial charge in [-0.25, -0.2) is 9.97 Å². The molecular weight excluding hydrogens is 611 g/mol. The fourth-order valence-electron chi connectivity index (χ4n) is 7.67. The number of nitrogens with zero attached hydrogens (tertiary/aromatic N) is 3.